The highest BCUT2D eigenvalue weighted by Crippen LogP contribution is 2.25. The van der Waals surface area contributed by atoms with E-state index in [1.165, 1.54) is 0 Å². The maximum absolute atomic E-state index is 11.2. The predicted molar refractivity (Wildman–Crippen MR) is 84.8 cm³/mol. The summed E-state index contributed by atoms with van der Waals surface area (Å²) in [6.45, 7) is 7.89. The van der Waals surface area contributed by atoms with E-state index >= 15 is 0 Å². The van der Waals surface area contributed by atoms with E-state index in [-0.39, 0.29) is 12.5 Å². The highest BCUT2D eigenvalue weighted by molar-refractivity contribution is 9.10. The van der Waals surface area contributed by atoms with Crippen LogP contribution in [0.5, 0.6) is 0 Å². The molecule has 7 heteroatoms. The molecule has 0 unspecified atom stereocenters. The zero-order chi connectivity index (χ0) is 15.1. The molecule has 0 aliphatic heterocycles. The largest absolute Gasteiger partial charge is 0.368 e. The SMILES string of the molecule is CCCNc1ncc(Br)c(N(CC(N)=O)CC(C)C)n1. The van der Waals surface area contributed by atoms with Crippen molar-refractivity contribution in [3.05, 3.63) is 10.7 Å². The first-order valence-corrected chi connectivity index (χ1v) is 7.53. The summed E-state index contributed by atoms with van der Waals surface area (Å²) in [4.78, 5) is 21.8. The average Bonchev–Trinajstić information content (AvgIpc) is 2.36. The number of carbonyl (C=O) groups is 1. The smallest absolute Gasteiger partial charge is 0.236 e. The summed E-state index contributed by atoms with van der Waals surface area (Å²) in [6, 6.07) is 0. The van der Waals surface area contributed by atoms with Crippen molar-refractivity contribution in [1.82, 2.24) is 9.97 Å². The molecule has 0 atom stereocenters. The van der Waals surface area contributed by atoms with Crippen molar-refractivity contribution in [2.75, 3.05) is 29.9 Å². The molecule has 1 rings (SSSR count). The van der Waals surface area contributed by atoms with Crippen molar-refractivity contribution in [2.24, 2.45) is 11.7 Å². The van der Waals surface area contributed by atoms with Gasteiger partial charge in [0.15, 0.2) is 0 Å². The molecule has 0 aliphatic rings. The first-order valence-electron chi connectivity index (χ1n) is 6.73. The van der Waals surface area contributed by atoms with Crippen molar-refractivity contribution in [3.63, 3.8) is 0 Å². The highest BCUT2D eigenvalue weighted by atomic mass is 79.9. The minimum absolute atomic E-state index is 0.140. The van der Waals surface area contributed by atoms with Gasteiger partial charge in [-0.1, -0.05) is 20.8 Å². The first-order chi connectivity index (χ1) is 9.43. The van der Waals surface area contributed by atoms with Gasteiger partial charge in [-0.2, -0.15) is 4.98 Å². The molecule has 6 nitrogen and oxygen atoms in total. The van der Waals surface area contributed by atoms with Gasteiger partial charge in [0, 0.05) is 19.3 Å². The molecule has 0 spiro atoms. The summed E-state index contributed by atoms with van der Waals surface area (Å²) in [5.74, 6) is 1.26. The molecule has 1 aromatic heterocycles. The van der Waals surface area contributed by atoms with Crippen LogP contribution in [-0.2, 0) is 4.79 Å². The number of nitrogens with two attached hydrogens (primary N) is 1. The van der Waals surface area contributed by atoms with Gasteiger partial charge in [-0.25, -0.2) is 4.98 Å². The Hall–Kier alpha value is -1.37. The van der Waals surface area contributed by atoms with Gasteiger partial charge < -0.3 is 16.0 Å². The van der Waals surface area contributed by atoms with Gasteiger partial charge in [0.2, 0.25) is 11.9 Å². The third-order valence-electron chi connectivity index (χ3n) is 2.49. The number of carbonyl (C=O) groups excluding carboxylic acids is 1. The maximum Gasteiger partial charge on any atom is 0.236 e. The Bertz CT molecular complexity index is 452. The van der Waals surface area contributed by atoms with E-state index in [9.17, 15) is 4.79 Å². The van der Waals surface area contributed by atoms with Crippen LogP contribution in [0.3, 0.4) is 0 Å². The van der Waals surface area contributed by atoms with Crippen molar-refractivity contribution < 1.29 is 4.79 Å². The van der Waals surface area contributed by atoms with E-state index in [1.54, 1.807) is 6.20 Å². The lowest BCUT2D eigenvalue weighted by atomic mass is 10.2. The number of hydrogen-bond acceptors (Lipinski definition) is 5. The molecule has 0 saturated heterocycles. The summed E-state index contributed by atoms with van der Waals surface area (Å²) in [5, 5.41) is 3.14. The molecule has 0 fully saturated rings. The number of aromatic nitrogens is 2. The zero-order valence-electron chi connectivity index (χ0n) is 12.2. The Kier molecular flexibility index (Phi) is 6.70. The van der Waals surface area contributed by atoms with E-state index in [1.807, 2.05) is 4.90 Å². The lowest BCUT2D eigenvalue weighted by Crippen LogP contribution is -2.37. The number of hydrogen-bond donors (Lipinski definition) is 2. The second-order valence-electron chi connectivity index (χ2n) is 5.03. The number of nitrogens with zero attached hydrogens (tertiary/aromatic N) is 3. The van der Waals surface area contributed by atoms with Crippen LogP contribution in [0.1, 0.15) is 27.2 Å². The molecule has 0 radical (unpaired) electrons. The minimum Gasteiger partial charge on any atom is -0.368 e. The third-order valence-corrected chi connectivity index (χ3v) is 3.05. The summed E-state index contributed by atoms with van der Waals surface area (Å²) >= 11 is 3.43. The number of halogens is 1. The fourth-order valence-electron chi connectivity index (χ4n) is 1.76. The monoisotopic (exact) mass is 343 g/mol. The fraction of sp³-hybridized carbons (Fsp3) is 0.615. The summed E-state index contributed by atoms with van der Waals surface area (Å²) in [5.41, 5.74) is 5.32. The van der Waals surface area contributed by atoms with Gasteiger partial charge in [-0.3, -0.25) is 4.79 Å². The van der Waals surface area contributed by atoms with Crippen molar-refractivity contribution in [1.29, 1.82) is 0 Å². The van der Waals surface area contributed by atoms with E-state index in [4.69, 9.17) is 5.73 Å². The van der Waals surface area contributed by atoms with Crippen LogP contribution < -0.4 is 16.0 Å². The van der Waals surface area contributed by atoms with Crippen LogP contribution >= 0.6 is 15.9 Å². The Morgan fingerprint density at radius 2 is 2.25 bits per heavy atom. The zero-order valence-corrected chi connectivity index (χ0v) is 13.8. The van der Waals surface area contributed by atoms with E-state index in [0.717, 1.165) is 17.4 Å². The lowest BCUT2D eigenvalue weighted by Gasteiger charge is -2.25. The molecule has 112 valence electrons. The van der Waals surface area contributed by atoms with E-state index in [0.29, 0.717) is 24.2 Å². The lowest BCUT2D eigenvalue weighted by molar-refractivity contribution is -0.116. The average molecular weight is 344 g/mol. The van der Waals surface area contributed by atoms with E-state index in [2.05, 4.69) is 52.0 Å². The van der Waals surface area contributed by atoms with Gasteiger partial charge in [0.25, 0.3) is 0 Å². The Labute approximate surface area is 128 Å². The second kappa shape index (κ2) is 8.04. The number of anilines is 2. The Balaban J connectivity index is 3.00. The van der Waals surface area contributed by atoms with Crippen LogP contribution in [0.2, 0.25) is 0 Å². The molecule has 0 saturated carbocycles. The van der Waals surface area contributed by atoms with Crippen molar-refractivity contribution >= 4 is 33.6 Å². The number of nitrogens with one attached hydrogen (secondary N) is 1. The Morgan fingerprint density at radius 3 is 2.80 bits per heavy atom. The molecule has 1 aromatic rings. The number of amides is 1. The molecule has 0 aromatic carbocycles. The third kappa shape index (κ3) is 5.32. The van der Waals surface area contributed by atoms with Gasteiger partial charge in [0.05, 0.1) is 11.0 Å². The summed E-state index contributed by atoms with van der Waals surface area (Å²) in [7, 11) is 0. The first kappa shape index (κ1) is 16.7. The van der Waals surface area contributed by atoms with Crippen LogP contribution in [0.25, 0.3) is 0 Å². The minimum atomic E-state index is -0.376. The number of rotatable bonds is 8. The van der Waals surface area contributed by atoms with Gasteiger partial charge in [-0.05, 0) is 28.3 Å². The van der Waals surface area contributed by atoms with Crippen LogP contribution in [0, 0.1) is 5.92 Å². The Morgan fingerprint density at radius 1 is 1.55 bits per heavy atom. The predicted octanol–water partition coefficient (Wildman–Crippen LogP) is 2.01. The van der Waals surface area contributed by atoms with Crippen LogP contribution in [-0.4, -0.2) is 35.5 Å². The molecule has 0 aliphatic carbocycles. The van der Waals surface area contributed by atoms with Crippen LogP contribution in [0.15, 0.2) is 10.7 Å². The summed E-state index contributed by atoms with van der Waals surface area (Å²) in [6.07, 6.45) is 2.68. The molecular formula is C13H22BrN5O. The molecule has 3 N–H and O–H groups in total. The van der Waals surface area contributed by atoms with Crippen molar-refractivity contribution in [3.8, 4) is 0 Å². The topological polar surface area (TPSA) is 84.1 Å². The molecule has 0 bridgehead atoms. The number of primary amides is 1. The summed E-state index contributed by atoms with van der Waals surface area (Å²) < 4.78 is 0.751. The van der Waals surface area contributed by atoms with E-state index < -0.39 is 0 Å². The highest BCUT2D eigenvalue weighted by Gasteiger charge is 2.16. The van der Waals surface area contributed by atoms with Gasteiger partial charge in [0.1, 0.15) is 5.82 Å². The molecule has 1 amide bonds. The van der Waals surface area contributed by atoms with Gasteiger partial charge in [-0.15, -0.1) is 0 Å². The standard InChI is InChI=1S/C13H22BrN5O/c1-4-5-16-13-17-6-10(14)12(18-13)19(7-9(2)3)8-11(15)20/h6,9H,4-5,7-8H2,1-3H3,(H2,15,20)(H,16,17,18). The maximum atomic E-state index is 11.2. The molecule has 20 heavy (non-hydrogen) atoms. The van der Waals surface area contributed by atoms with Gasteiger partial charge >= 0.3 is 0 Å². The molecular weight excluding hydrogens is 322 g/mol. The fourth-order valence-corrected chi connectivity index (χ4v) is 2.20. The normalized spacial score (nSPS) is 10.7. The molecule has 1 heterocycles. The van der Waals surface area contributed by atoms with Crippen LogP contribution in [0.4, 0.5) is 11.8 Å². The second-order valence-corrected chi connectivity index (χ2v) is 5.89. The van der Waals surface area contributed by atoms with Crippen molar-refractivity contribution in [2.45, 2.75) is 27.2 Å². The quantitative estimate of drug-likeness (QED) is 0.754.